The average Bonchev–Trinajstić information content (AvgIpc) is 2.87. The molecule has 0 saturated heterocycles. The molecular weight excluding hydrogens is 250 g/mol. The summed E-state index contributed by atoms with van der Waals surface area (Å²) >= 11 is 6.30. The Morgan fingerprint density at radius 3 is 2.72 bits per heavy atom. The van der Waals surface area contributed by atoms with Crippen LogP contribution in [0.15, 0.2) is 16.5 Å². The summed E-state index contributed by atoms with van der Waals surface area (Å²) in [5, 5.41) is 5.10. The average molecular weight is 268 g/mol. The van der Waals surface area contributed by atoms with Crippen LogP contribution >= 0.6 is 11.6 Å². The Labute approximate surface area is 112 Å². The number of hydrogen-bond donors (Lipinski definition) is 1. The first kappa shape index (κ1) is 13.2. The normalized spacial score (nSPS) is 12.9. The van der Waals surface area contributed by atoms with Gasteiger partial charge in [-0.3, -0.25) is 4.68 Å². The van der Waals surface area contributed by atoms with Gasteiger partial charge in [-0.05, 0) is 25.5 Å². The molecular formula is C13H18ClN3O. The van der Waals surface area contributed by atoms with Gasteiger partial charge in [0, 0.05) is 13.5 Å². The first-order chi connectivity index (χ1) is 8.52. The van der Waals surface area contributed by atoms with Gasteiger partial charge in [0.05, 0.1) is 22.5 Å². The van der Waals surface area contributed by atoms with E-state index >= 15 is 0 Å². The second-order valence-electron chi connectivity index (χ2n) is 4.44. The van der Waals surface area contributed by atoms with E-state index in [1.807, 2.05) is 33.0 Å². The van der Waals surface area contributed by atoms with Crippen molar-refractivity contribution in [3.05, 3.63) is 40.1 Å². The lowest BCUT2D eigenvalue weighted by atomic mass is 10.1. The standard InChI is InChI=1S/C13H18ClN3O/c1-4-10-13(14)11(17(3)16-10)7-9(15)12-6-5-8(2)18-12/h5-6,9H,4,7,15H2,1-3H3. The second-order valence-corrected chi connectivity index (χ2v) is 4.82. The predicted molar refractivity (Wildman–Crippen MR) is 71.7 cm³/mol. The van der Waals surface area contributed by atoms with Gasteiger partial charge in [0.2, 0.25) is 0 Å². The number of nitrogens with zero attached hydrogens (tertiary/aromatic N) is 2. The molecule has 98 valence electrons. The van der Waals surface area contributed by atoms with Crippen molar-refractivity contribution >= 4 is 11.6 Å². The van der Waals surface area contributed by atoms with Crippen molar-refractivity contribution in [2.24, 2.45) is 12.8 Å². The van der Waals surface area contributed by atoms with E-state index < -0.39 is 0 Å². The summed E-state index contributed by atoms with van der Waals surface area (Å²) in [7, 11) is 1.89. The van der Waals surface area contributed by atoms with Crippen molar-refractivity contribution in [2.75, 3.05) is 0 Å². The fourth-order valence-electron chi connectivity index (χ4n) is 2.00. The summed E-state index contributed by atoms with van der Waals surface area (Å²) in [5.41, 5.74) is 8.00. The molecule has 0 aromatic carbocycles. The lowest BCUT2D eigenvalue weighted by molar-refractivity contribution is 0.440. The quantitative estimate of drug-likeness (QED) is 0.927. The highest BCUT2D eigenvalue weighted by atomic mass is 35.5. The molecule has 2 N–H and O–H groups in total. The van der Waals surface area contributed by atoms with Crippen molar-refractivity contribution in [2.45, 2.75) is 32.7 Å². The molecule has 5 heteroatoms. The van der Waals surface area contributed by atoms with Gasteiger partial charge < -0.3 is 10.2 Å². The maximum absolute atomic E-state index is 6.30. The molecule has 2 aromatic heterocycles. The Balaban J connectivity index is 2.21. The largest absolute Gasteiger partial charge is 0.465 e. The fraction of sp³-hybridized carbons (Fsp3) is 0.462. The molecule has 1 unspecified atom stereocenters. The van der Waals surface area contributed by atoms with Gasteiger partial charge in [0.1, 0.15) is 11.5 Å². The molecule has 0 spiro atoms. The molecule has 0 radical (unpaired) electrons. The third-order valence-electron chi connectivity index (χ3n) is 3.04. The third kappa shape index (κ3) is 2.44. The number of aryl methyl sites for hydroxylation is 3. The van der Waals surface area contributed by atoms with Crippen LogP contribution < -0.4 is 5.73 Å². The summed E-state index contributed by atoms with van der Waals surface area (Å²) < 4.78 is 7.34. The summed E-state index contributed by atoms with van der Waals surface area (Å²) in [6.07, 6.45) is 1.44. The lowest BCUT2D eigenvalue weighted by Crippen LogP contribution is -2.15. The number of halogens is 1. The Morgan fingerprint density at radius 2 is 2.22 bits per heavy atom. The van der Waals surface area contributed by atoms with E-state index in [0.29, 0.717) is 6.42 Å². The molecule has 4 nitrogen and oxygen atoms in total. The molecule has 0 fully saturated rings. The van der Waals surface area contributed by atoms with Crippen LogP contribution in [-0.4, -0.2) is 9.78 Å². The second kappa shape index (κ2) is 5.16. The highest BCUT2D eigenvalue weighted by Crippen LogP contribution is 2.25. The van der Waals surface area contributed by atoms with E-state index in [9.17, 15) is 0 Å². The van der Waals surface area contributed by atoms with E-state index in [1.54, 1.807) is 4.68 Å². The molecule has 2 rings (SSSR count). The summed E-state index contributed by atoms with van der Waals surface area (Å²) in [6, 6.07) is 3.62. The summed E-state index contributed by atoms with van der Waals surface area (Å²) in [4.78, 5) is 0. The Kier molecular flexibility index (Phi) is 3.78. The van der Waals surface area contributed by atoms with Crippen molar-refractivity contribution in [1.82, 2.24) is 9.78 Å². The van der Waals surface area contributed by atoms with E-state index in [4.69, 9.17) is 21.8 Å². The third-order valence-corrected chi connectivity index (χ3v) is 3.48. The van der Waals surface area contributed by atoms with Crippen LogP contribution in [0.4, 0.5) is 0 Å². The van der Waals surface area contributed by atoms with E-state index in [0.717, 1.165) is 34.4 Å². The highest BCUT2D eigenvalue weighted by molar-refractivity contribution is 6.31. The van der Waals surface area contributed by atoms with Crippen molar-refractivity contribution < 1.29 is 4.42 Å². The van der Waals surface area contributed by atoms with Gasteiger partial charge in [-0.1, -0.05) is 18.5 Å². The molecule has 0 amide bonds. The molecule has 18 heavy (non-hydrogen) atoms. The fourth-order valence-corrected chi connectivity index (χ4v) is 2.37. The SMILES string of the molecule is CCc1nn(C)c(CC(N)c2ccc(C)o2)c1Cl. The molecule has 0 saturated carbocycles. The monoisotopic (exact) mass is 267 g/mol. The van der Waals surface area contributed by atoms with Crippen LogP contribution in [0.2, 0.25) is 5.02 Å². The number of aromatic nitrogens is 2. The minimum Gasteiger partial charge on any atom is -0.465 e. The lowest BCUT2D eigenvalue weighted by Gasteiger charge is -2.09. The predicted octanol–water partition coefficient (Wildman–Crippen LogP) is 2.78. The van der Waals surface area contributed by atoms with Crippen LogP contribution in [0.25, 0.3) is 0 Å². The minimum atomic E-state index is -0.198. The van der Waals surface area contributed by atoms with Crippen molar-refractivity contribution in [3.8, 4) is 0 Å². The zero-order valence-corrected chi connectivity index (χ0v) is 11.7. The maximum atomic E-state index is 6.30. The van der Waals surface area contributed by atoms with Crippen LogP contribution in [0.1, 0.15) is 35.9 Å². The minimum absolute atomic E-state index is 0.198. The Morgan fingerprint density at radius 1 is 1.50 bits per heavy atom. The van der Waals surface area contributed by atoms with Crippen LogP contribution in [0, 0.1) is 6.92 Å². The van der Waals surface area contributed by atoms with Gasteiger partial charge in [0.15, 0.2) is 0 Å². The Hall–Kier alpha value is -1.26. The zero-order valence-electron chi connectivity index (χ0n) is 10.9. The van der Waals surface area contributed by atoms with E-state index in [2.05, 4.69) is 5.10 Å². The smallest absolute Gasteiger partial charge is 0.121 e. The summed E-state index contributed by atoms with van der Waals surface area (Å²) in [5.74, 6) is 1.65. The van der Waals surface area contributed by atoms with Crippen LogP contribution in [0.5, 0.6) is 0 Å². The van der Waals surface area contributed by atoms with E-state index in [1.165, 1.54) is 0 Å². The topological polar surface area (TPSA) is 57.0 Å². The molecule has 0 aliphatic carbocycles. The molecule has 1 atom stereocenters. The number of rotatable bonds is 4. The zero-order chi connectivity index (χ0) is 13.3. The maximum Gasteiger partial charge on any atom is 0.121 e. The van der Waals surface area contributed by atoms with Gasteiger partial charge in [-0.25, -0.2) is 0 Å². The first-order valence-electron chi connectivity index (χ1n) is 6.05. The number of furan rings is 1. The van der Waals surface area contributed by atoms with Crippen molar-refractivity contribution in [1.29, 1.82) is 0 Å². The first-order valence-corrected chi connectivity index (χ1v) is 6.42. The van der Waals surface area contributed by atoms with E-state index in [-0.39, 0.29) is 6.04 Å². The molecule has 0 aliphatic heterocycles. The van der Waals surface area contributed by atoms with Crippen LogP contribution in [0.3, 0.4) is 0 Å². The molecule has 2 aromatic rings. The van der Waals surface area contributed by atoms with Gasteiger partial charge in [-0.2, -0.15) is 5.10 Å². The molecule has 2 heterocycles. The van der Waals surface area contributed by atoms with Gasteiger partial charge in [0.25, 0.3) is 0 Å². The molecule has 0 aliphatic rings. The number of nitrogens with two attached hydrogens (primary N) is 1. The molecule has 0 bridgehead atoms. The highest BCUT2D eigenvalue weighted by Gasteiger charge is 2.18. The Bertz CT molecular complexity index is 544. The number of hydrogen-bond acceptors (Lipinski definition) is 3. The summed E-state index contributed by atoms with van der Waals surface area (Å²) in [6.45, 7) is 3.94. The van der Waals surface area contributed by atoms with Gasteiger partial charge in [-0.15, -0.1) is 0 Å². The van der Waals surface area contributed by atoms with Gasteiger partial charge >= 0.3 is 0 Å². The van der Waals surface area contributed by atoms with Crippen LogP contribution in [-0.2, 0) is 19.9 Å². The van der Waals surface area contributed by atoms with Crippen molar-refractivity contribution in [3.63, 3.8) is 0 Å².